The van der Waals surface area contributed by atoms with E-state index in [1.54, 1.807) is 18.2 Å². The topological polar surface area (TPSA) is 70.5 Å². The van der Waals surface area contributed by atoms with E-state index in [0.29, 0.717) is 5.82 Å². The molecule has 0 radical (unpaired) electrons. The number of hydrogen-bond acceptors (Lipinski definition) is 5. The van der Waals surface area contributed by atoms with Crippen LogP contribution in [0.2, 0.25) is 0 Å². The summed E-state index contributed by atoms with van der Waals surface area (Å²) in [5.74, 6) is 0.289. The molecule has 2 fully saturated rings. The average Bonchev–Trinajstić information content (AvgIpc) is 3.23. The van der Waals surface area contributed by atoms with Gasteiger partial charge in [-0.25, -0.2) is 9.07 Å². The van der Waals surface area contributed by atoms with E-state index in [2.05, 4.69) is 20.2 Å². The molecule has 2 aromatic rings. The van der Waals surface area contributed by atoms with Gasteiger partial charge in [-0.15, -0.1) is 0 Å². The molecule has 4 rings (SSSR count). The largest absolute Gasteiger partial charge is 0.368 e. The van der Waals surface area contributed by atoms with Crippen LogP contribution in [0.25, 0.3) is 0 Å². The minimum Gasteiger partial charge on any atom is -0.368 e. The standard InChI is InChI=1S/C21H26FN5O2/c22-16-5-7-18(8-6-16)25-11-13-26(14-12-25)19-9-10-21(29)27(24-19)15-20(28)23-17-3-1-2-4-17/h5-10,17H,1-4,11-15H2,(H,23,28). The van der Waals surface area contributed by atoms with Crippen LogP contribution in [-0.2, 0) is 11.3 Å². The third-order valence-electron chi connectivity index (χ3n) is 5.66. The van der Waals surface area contributed by atoms with Crippen molar-refractivity contribution < 1.29 is 9.18 Å². The zero-order valence-electron chi connectivity index (χ0n) is 16.4. The Bertz CT molecular complexity index is 900. The molecule has 0 atom stereocenters. The number of nitrogens with one attached hydrogen (secondary N) is 1. The second-order valence-corrected chi connectivity index (χ2v) is 7.69. The van der Waals surface area contributed by atoms with Crippen LogP contribution in [0.1, 0.15) is 25.7 Å². The third-order valence-corrected chi connectivity index (χ3v) is 5.66. The Balaban J connectivity index is 1.38. The fourth-order valence-electron chi connectivity index (χ4n) is 4.05. The van der Waals surface area contributed by atoms with E-state index in [9.17, 15) is 14.0 Å². The molecule has 1 aliphatic carbocycles. The molecule has 2 aliphatic rings. The molecule has 1 amide bonds. The number of piperazine rings is 1. The van der Waals surface area contributed by atoms with Gasteiger partial charge in [-0.3, -0.25) is 9.59 Å². The van der Waals surface area contributed by atoms with Gasteiger partial charge in [0.1, 0.15) is 18.2 Å². The second kappa shape index (κ2) is 8.63. The third kappa shape index (κ3) is 4.75. The summed E-state index contributed by atoms with van der Waals surface area (Å²) < 4.78 is 14.4. The maximum atomic E-state index is 13.1. The van der Waals surface area contributed by atoms with Crippen LogP contribution in [0.3, 0.4) is 0 Å². The van der Waals surface area contributed by atoms with Crippen LogP contribution in [0.5, 0.6) is 0 Å². The first-order chi connectivity index (χ1) is 14.1. The van der Waals surface area contributed by atoms with Crippen molar-refractivity contribution in [3.05, 3.63) is 52.6 Å². The minimum atomic E-state index is -0.278. The quantitative estimate of drug-likeness (QED) is 0.830. The summed E-state index contributed by atoms with van der Waals surface area (Å²) >= 11 is 0. The van der Waals surface area contributed by atoms with Crippen LogP contribution < -0.4 is 20.7 Å². The average molecular weight is 399 g/mol. The van der Waals surface area contributed by atoms with Gasteiger partial charge in [-0.05, 0) is 43.2 Å². The predicted molar refractivity (Wildman–Crippen MR) is 110 cm³/mol. The van der Waals surface area contributed by atoms with Gasteiger partial charge in [0.25, 0.3) is 5.56 Å². The molecular weight excluding hydrogens is 373 g/mol. The fourth-order valence-corrected chi connectivity index (χ4v) is 4.05. The lowest BCUT2D eigenvalue weighted by Gasteiger charge is -2.36. The minimum absolute atomic E-state index is 0.0568. The van der Waals surface area contributed by atoms with Crippen LogP contribution in [-0.4, -0.2) is 47.9 Å². The zero-order chi connectivity index (χ0) is 20.2. The molecule has 7 nitrogen and oxygen atoms in total. The molecule has 0 spiro atoms. The summed E-state index contributed by atoms with van der Waals surface area (Å²) in [6.07, 6.45) is 4.30. The van der Waals surface area contributed by atoms with Crippen molar-refractivity contribution in [2.45, 2.75) is 38.3 Å². The number of anilines is 2. The van der Waals surface area contributed by atoms with Gasteiger partial charge in [0, 0.05) is 44.0 Å². The second-order valence-electron chi connectivity index (χ2n) is 7.69. The molecule has 154 valence electrons. The van der Waals surface area contributed by atoms with Gasteiger partial charge in [0.2, 0.25) is 5.91 Å². The van der Waals surface area contributed by atoms with Gasteiger partial charge >= 0.3 is 0 Å². The number of nitrogens with zero attached hydrogens (tertiary/aromatic N) is 4. The van der Waals surface area contributed by atoms with Crippen molar-refractivity contribution in [1.82, 2.24) is 15.1 Å². The van der Waals surface area contributed by atoms with Crippen LogP contribution in [0, 0.1) is 5.82 Å². The molecule has 8 heteroatoms. The highest BCUT2D eigenvalue weighted by Crippen LogP contribution is 2.19. The summed E-state index contributed by atoms with van der Waals surface area (Å²) in [6, 6.07) is 9.91. The Hall–Kier alpha value is -2.90. The van der Waals surface area contributed by atoms with Gasteiger partial charge in [-0.1, -0.05) is 12.8 Å². The van der Waals surface area contributed by atoms with E-state index >= 15 is 0 Å². The molecule has 1 saturated heterocycles. The van der Waals surface area contributed by atoms with Crippen molar-refractivity contribution in [2.24, 2.45) is 0 Å². The van der Waals surface area contributed by atoms with Crippen LogP contribution >= 0.6 is 0 Å². The van der Waals surface area contributed by atoms with E-state index in [0.717, 1.165) is 57.5 Å². The first kappa shape index (κ1) is 19.4. The van der Waals surface area contributed by atoms with Crippen molar-refractivity contribution in [3.63, 3.8) is 0 Å². The zero-order valence-corrected chi connectivity index (χ0v) is 16.4. The lowest BCUT2D eigenvalue weighted by atomic mass is 10.2. The lowest BCUT2D eigenvalue weighted by molar-refractivity contribution is -0.122. The van der Waals surface area contributed by atoms with Crippen molar-refractivity contribution in [3.8, 4) is 0 Å². The lowest BCUT2D eigenvalue weighted by Crippen LogP contribution is -2.47. The maximum Gasteiger partial charge on any atom is 0.267 e. The molecule has 29 heavy (non-hydrogen) atoms. The smallest absolute Gasteiger partial charge is 0.267 e. The number of carbonyl (C=O) groups excluding carboxylic acids is 1. The predicted octanol–water partition coefficient (Wildman–Crippen LogP) is 1.77. The van der Waals surface area contributed by atoms with E-state index in [-0.39, 0.29) is 29.9 Å². The Morgan fingerprint density at radius 1 is 1.00 bits per heavy atom. The number of benzene rings is 1. The van der Waals surface area contributed by atoms with Gasteiger partial charge in [-0.2, -0.15) is 5.10 Å². The van der Waals surface area contributed by atoms with E-state index in [1.807, 2.05) is 0 Å². The highest BCUT2D eigenvalue weighted by Gasteiger charge is 2.20. The molecule has 1 saturated carbocycles. The number of amides is 1. The Morgan fingerprint density at radius 3 is 2.34 bits per heavy atom. The number of halogens is 1. The molecule has 0 bridgehead atoms. The van der Waals surface area contributed by atoms with Gasteiger partial charge in [0.05, 0.1) is 0 Å². The Kier molecular flexibility index (Phi) is 5.78. The summed E-state index contributed by atoms with van der Waals surface area (Å²) in [6.45, 7) is 2.95. The van der Waals surface area contributed by atoms with Crippen LogP contribution in [0.15, 0.2) is 41.2 Å². The highest BCUT2D eigenvalue weighted by atomic mass is 19.1. The number of hydrogen-bond donors (Lipinski definition) is 1. The molecular formula is C21H26FN5O2. The molecule has 1 aromatic carbocycles. The number of carbonyl (C=O) groups is 1. The molecule has 2 heterocycles. The fraction of sp³-hybridized carbons (Fsp3) is 0.476. The van der Waals surface area contributed by atoms with Crippen molar-refractivity contribution in [2.75, 3.05) is 36.0 Å². The number of aromatic nitrogens is 2. The molecule has 1 aromatic heterocycles. The first-order valence-electron chi connectivity index (χ1n) is 10.2. The van der Waals surface area contributed by atoms with Gasteiger partial charge in [0.15, 0.2) is 0 Å². The molecule has 1 N–H and O–H groups in total. The SMILES string of the molecule is O=C(Cn1nc(N2CCN(c3ccc(F)cc3)CC2)ccc1=O)NC1CCCC1. The van der Waals surface area contributed by atoms with E-state index < -0.39 is 0 Å². The summed E-state index contributed by atoms with van der Waals surface area (Å²) in [4.78, 5) is 28.7. The maximum absolute atomic E-state index is 13.1. The monoisotopic (exact) mass is 399 g/mol. The molecule has 0 unspecified atom stereocenters. The van der Waals surface area contributed by atoms with E-state index in [1.165, 1.54) is 22.9 Å². The van der Waals surface area contributed by atoms with Gasteiger partial charge < -0.3 is 15.1 Å². The van der Waals surface area contributed by atoms with Crippen molar-refractivity contribution >= 4 is 17.4 Å². The summed E-state index contributed by atoms with van der Waals surface area (Å²) in [5, 5.41) is 7.42. The molecule has 1 aliphatic heterocycles. The Labute approximate surface area is 169 Å². The van der Waals surface area contributed by atoms with Crippen LogP contribution in [0.4, 0.5) is 15.9 Å². The van der Waals surface area contributed by atoms with Crippen molar-refractivity contribution in [1.29, 1.82) is 0 Å². The van der Waals surface area contributed by atoms with E-state index in [4.69, 9.17) is 0 Å². The first-order valence-corrected chi connectivity index (χ1v) is 10.2. The summed E-state index contributed by atoms with van der Waals surface area (Å²) in [5.41, 5.74) is 0.716. The Morgan fingerprint density at radius 2 is 1.66 bits per heavy atom. The summed E-state index contributed by atoms with van der Waals surface area (Å²) in [7, 11) is 0. The number of rotatable bonds is 5. The highest BCUT2D eigenvalue weighted by molar-refractivity contribution is 5.76. The normalized spacial score (nSPS) is 17.6.